The monoisotopic (exact) mass is 389 g/mol. The normalized spacial score (nSPS) is 19.2. The average molecular weight is 390 g/mol. The van der Waals surface area contributed by atoms with Crippen LogP contribution in [0.15, 0.2) is 28.4 Å². The summed E-state index contributed by atoms with van der Waals surface area (Å²) in [7, 11) is 0. The summed E-state index contributed by atoms with van der Waals surface area (Å²) in [5, 5.41) is 1.33. The van der Waals surface area contributed by atoms with Crippen LogP contribution in [-0.4, -0.2) is 28.0 Å². The molecule has 0 bridgehead atoms. The van der Waals surface area contributed by atoms with Crippen LogP contribution in [0, 0.1) is 12.3 Å². The lowest BCUT2D eigenvalue weighted by Gasteiger charge is -2.39. The number of aryl methyl sites for hydroxylation is 1. The van der Waals surface area contributed by atoms with Crippen LogP contribution >= 0.6 is 23.4 Å². The third-order valence-corrected chi connectivity index (χ3v) is 7.45. The average Bonchev–Trinajstić information content (AvgIpc) is 3.09. The zero-order chi connectivity index (χ0) is 18.1. The Morgan fingerprint density at radius 1 is 1.15 bits per heavy atom. The second kappa shape index (κ2) is 7.24. The molecule has 2 N–H and O–H groups in total. The molecular weight excluding hydrogens is 366 g/mol. The molecule has 2 fully saturated rings. The SMILES string of the molecule is Cc1nc(N2CCC3(CCCC3)CC2)cnc1Sc1ccnc(N)c1Cl. The molecule has 26 heavy (non-hydrogen) atoms. The van der Waals surface area contributed by atoms with Crippen LogP contribution in [0.1, 0.15) is 44.2 Å². The van der Waals surface area contributed by atoms with Gasteiger partial charge in [-0.05, 0) is 44.1 Å². The fourth-order valence-corrected chi connectivity index (χ4v) is 5.23. The molecule has 3 heterocycles. The molecule has 1 aliphatic carbocycles. The first-order valence-electron chi connectivity index (χ1n) is 9.23. The van der Waals surface area contributed by atoms with Crippen LogP contribution in [0.3, 0.4) is 0 Å². The fourth-order valence-electron chi connectivity index (χ4n) is 4.17. The van der Waals surface area contributed by atoms with E-state index in [4.69, 9.17) is 22.3 Å². The number of nitrogens with two attached hydrogens (primary N) is 1. The van der Waals surface area contributed by atoms with Gasteiger partial charge in [0.05, 0.1) is 16.9 Å². The number of rotatable bonds is 3. The van der Waals surface area contributed by atoms with Crippen LogP contribution in [0.25, 0.3) is 0 Å². The van der Waals surface area contributed by atoms with Gasteiger partial charge in [0.15, 0.2) is 0 Å². The highest BCUT2D eigenvalue weighted by atomic mass is 35.5. The summed E-state index contributed by atoms with van der Waals surface area (Å²) in [6.07, 6.45) is 11.8. The van der Waals surface area contributed by atoms with E-state index < -0.39 is 0 Å². The summed E-state index contributed by atoms with van der Waals surface area (Å²) in [4.78, 5) is 16.7. The minimum absolute atomic E-state index is 0.341. The number of halogens is 1. The van der Waals surface area contributed by atoms with E-state index in [9.17, 15) is 0 Å². The van der Waals surface area contributed by atoms with Gasteiger partial charge >= 0.3 is 0 Å². The Labute approximate surface area is 163 Å². The van der Waals surface area contributed by atoms with Gasteiger partial charge in [-0.3, -0.25) is 0 Å². The molecule has 4 rings (SSSR count). The maximum Gasteiger partial charge on any atom is 0.147 e. The molecule has 1 saturated heterocycles. The van der Waals surface area contributed by atoms with Gasteiger partial charge in [-0.25, -0.2) is 15.0 Å². The maximum atomic E-state index is 6.24. The minimum Gasteiger partial charge on any atom is -0.382 e. The predicted octanol–water partition coefficient (Wildman–Crippen LogP) is 4.73. The van der Waals surface area contributed by atoms with Gasteiger partial charge < -0.3 is 10.6 Å². The second-order valence-electron chi connectivity index (χ2n) is 7.42. The lowest BCUT2D eigenvalue weighted by Crippen LogP contribution is -2.39. The van der Waals surface area contributed by atoms with Crippen molar-refractivity contribution < 1.29 is 0 Å². The number of anilines is 2. The van der Waals surface area contributed by atoms with Crippen LogP contribution in [0.2, 0.25) is 5.02 Å². The number of hydrogen-bond acceptors (Lipinski definition) is 6. The van der Waals surface area contributed by atoms with Crippen molar-refractivity contribution in [2.75, 3.05) is 23.7 Å². The molecule has 1 saturated carbocycles. The summed E-state index contributed by atoms with van der Waals surface area (Å²) >= 11 is 7.72. The molecule has 138 valence electrons. The third kappa shape index (κ3) is 3.49. The van der Waals surface area contributed by atoms with Crippen LogP contribution in [0.5, 0.6) is 0 Å². The third-order valence-electron chi connectivity index (χ3n) is 5.79. The smallest absolute Gasteiger partial charge is 0.147 e. The van der Waals surface area contributed by atoms with Gasteiger partial charge in [-0.2, -0.15) is 0 Å². The van der Waals surface area contributed by atoms with Crippen LogP contribution in [-0.2, 0) is 0 Å². The highest BCUT2D eigenvalue weighted by molar-refractivity contribution is 7.99. The van der Waals surface area contributed by atoms with E-state index in [0.717, 1.165) is 34.5 Å². The standard InChI is InChI=1S/C19H24ClN5S/c1-13-18(26-14-4-9-22-17(21)16(14)20)23-12-15(24-13)25-10-7-19(8-11-25)5-2-3-6-19/h4,9,12H,2-3,5-8,10-11H2,1H3,(H2,21,22). The second-order valence-corrected chi connectivity index (χ2v) is 8.83. The van der Waals surface area contributed by atoms with Gasteiger partial charge in [0.25, 0.3) is 0 Å². The Morgan fingerprint density at radius 3 is 2.58 bits per heavy atom. The topological polar surface area (TPSA) is 67.9 Å². The molecular formula is C19H24ClN5S. The first kappa shape index (κ1) is 17.9. The quantitative estimate of drug-likeness (QED) is 0.818. The van der Waals surface area contributed by atoms with E-state index in [0.29, 0.717) is 16.3 Å². The molecule has 0 atom stereocenters. The number of nitrogen functional groups attached to an aromatic ring is 1. The molecule has 1 spiro atoms. The number of piperidine rings is 1. The Balaban J connectivity index is 1.47. The first-order chi connectivity index (χ1) is 12.6. The van der Waals surface area contributed by atoms with Crippen molar-refractivity contribution in [3.63, 3.8) is 0 Å². The Bertz CT molecular complexity index is 797. The molecule has 0 unspecified atom stereocenters. The van der Waals surface area contributed by atoms with E-state index in [1.54, 1.807) is 6.20 Å². The number of pyridine rings is 1. The molecule has 5 nitrogen and oxygen atoms in total. The minimum atomic E-state index is 0.341. The number of aromatic nitrogens is 3. The molecule has 2 aromatic heterocycles. The van der Waals surface area contributed by atoms with Gasteiger partial charge in [0.2, 0.25) is 0 Å². The largest absolute Gasteiger partial charge is 0.382 e. The van der Waals surface area contributed by atoms with Gasteiger partial charge in [-0.1, -0.05) is 36.2 Å². The molecule has 0 radical (unpaired) electrons. The van der Waals surface area contributed by atoms with Crippen LogP contribution in [0.4, 0.5) is 11.6 Å². The lowest BCUT2D eigenvalue weighted by atomic mass is 9.77. The lowest BCUT2D eigenvalue weighted by molar-refractivity contribution is 0.226. The summed E-state index contributed by atoms with van der Waals surface area (Å²) in [5.41, 5.74) is 7.32. The van der Waals surface area contributed by atoms with Crippen molar-refractivity contribution in [1.29, 1.82) is 0 Å². The van der Waals surface area contributed by atoms with E-state index in [-0.39, 0.29) is 0 Å². The van der Waals surface area contributed by atoms with Crippen molar-refractivity contribution in [2.24, 2.45) is 5.41 Å². The summed E-state index contributed by atoms with van der Waals surface area (Å²) in [6.45, 7) is 4.18. The Kier molecular flexibility index (Phi) is 4.97. The van der Waals surface area contributed by atoms with E-state index in [1.165, 1.54) is 50.3 Å². The summed E-state index contributed by atoms with van der Waals surface area (Å²) in [6, 6.07) is 1.85. The molecule has 0 amide bonds. The highest BCUT2D eigenvalue weighted by Gasteiger charge is 2.37. The van der Waals surface area contributed by atoms with Crippen molar-refractivity contribution in [3.8, 4) is 0 Å². The van der Waals surface area contributed by atoms with E-state index in [1.807, 2.05) is 19.2 Å². The van der Waals surface area contributed by atoms with Crippen LogP contribution < -0.4 is 10.6 Å². The highest BCUT2D eigenvalue weighted by Crippen LogP contribution is 2.46. The van der Waals surface area contributed by atoms with Gasteiger partial charge in [0.1, 0.15) is 16.7 Å². The van der Waals surface area contributed by atoms with E-state index in [2.05, 4.69) is 14.9 Å². The molecule has 2 aromatic rings. The number of hydrogen-bond donors (Lipinski definition) is 1. The van der Waals surface area contributed by atoms with Crippen molar-refractivity contribution >= 4 is 35.0 Å². The first-order valence-corrected chi connectivity index (χ1v) is 10.4. The Morgan fingerprint density at radius 2 is 1.88 bits per heavy atom. The summed E-state index contributed by atoms with van der Waals surface area (Å²) < 4.78 is 0. The van der Waals surface area contributed by atoms with Gasteiger partial charge in [-0.15, -0.1) is 0 Å². The molecule has 7 heteroatoms. The van der Waals surface area contributed by atoms with Crippen molar-refractivity contribution in [3.05, 3.63) is 29.2 Å². The Hall–Kier alpha value is -1.53. The molecule has 2 aliphatic rings. The maximum absolute atomic E-state index is 6.24. The zero-order valence-electron chi connectivity index (χ0n) is 15.0. The summed E-state index contributed by atoms with van der Waals surface area (Å²) in [5.74, 6) is 1.33. The van der Waals surface area contributed by atoms with Crippen molar-refractivity contribution in [2.45, 2.75) is 55.4 Å². The fraction of sp³-hybridized carbons (Fsp3) is 0.526. The molecule has 0 aromatic carbocycles. The van der Waals surface area contributed by atoms with Crippen molar-refractivity contribution in [1.82, 2.24) is 15.0 Å². The zero-order valence-corrected chi connectivity index (χ0v) is 16.6. The molecule has 1 aliphatic heterocycles. The van der Waals surface area contributed by atoms with E-state index >= 15 is 0 Å². The predicted molar refractivity (Wildman–Crippen MR) is 107 cm³/mol. The number of nitrogens with zero attached hydrogens (tertiary/aromatic N) is 4. The van der Waals surface area contributed by atoms with Gasteiger partial charge in [0, 0.05) is 24.2 Å².